The lowest BCUT2D eigenvalue weighted by molar-refractivity contribution is 0.253. The van der Waals surface area contributed by atoms with Gasteiger partial charge in [-0.3, -0.25) is 10.7 Å². The monoisotopic (exact) mass is 225 g/mol. The van der Waals surface area contributed by atoms with E-state index in [0.717, 1.165) is 5.75 Å². The Hall–Kier alpha value is -0.550. The number of rotatable bonds is 5. The van der Waals surface area contributed by atoms with Crippen molar-refractivity contribution in [3.63, 3.8) is 0 Å². The molecule has 0 amide bonds. The third-order valence-electron chi connectivity index (χ3n) is 2.18. The predicted octanol–water partition coefficient (Wildman–Crippen LogP) is 1.82. The van der Waals surface area contributed by atoms with Gasteiger partial charge < -0.3 is 0 Å². The highest BCUT2D eigenvalue weighted by Gasteiger charge is 2.10. The first kappa shape index (κ1) is 12.5. The second-order valence-corrected chi connectivity index (χ2v) is 4.87. The van der Waals surface area contributed by atoms with E-state index in [9.17, 15) is 0 Å². The maximum atomic E-state index is 5.51. The van der Waals surface area contributed by atoms with Crippen LogP contribution in [0.4, 0.5) is 0 Å². The molecule has 3 N–H and O–H groups in total. The molecule has 0 aromatic heterocycles. The average molecular weight is 225 g/mol. The first-order valence-corrected chi connectivity index (χ1v) is 6.03. The topological polar surface area (TPSA) is 41.3 Å². The van der Waals surface area contributed by atoms with Gasteiger partial charge in [-0.2, -0.15) is 0 Å². The minimum absolute atomic E-state index is 0.0747. The van der Waals surface area contributed by atoms with Crippen molar-refractivity contribution in [3.8, 4) is 0 Å². The van der Waals surface area contributed by atoms with Crippen LogP contribution in [0.25, 0.3) is 0 Å². The quantitative estimate of drug-likeness (QED) is 0.347. The molecule has 1 atom stereocenters. The lowest BCUT2D eigenvalue weighted by atomic mass is 10.1. The van der Waals surface area contributed by atoms with Crippen molar-refractivity contribution in [2.24, 2.45) is 5.84 Å². The zero-order chi connectivity index (χ0) is 11.3. The molecule has 1 aromatic rings. The van der Waals surface area contributed by atoms with Crippen molar-refractivity contribution in [1.29, 1.82) is 0 Å². The molecule has 1 aromatic carbocycles. The number of benzene rings is 1. The lowest BCUT2D eigenvalue weighted by Gasteiger charge is -2.23. The molecule has 3 nitrogen and oxygen atoms in total. The minimum atomic E-state index is 0.0747. The molecule has 0 radical (unpaired) electrons. The fourth-order valence-corrected chi connectivity index (χ4v) is 2.12. The van der Waals surface area contributed by atoms with Crippen LogP contribution in [0.3, 0.4) is 0 Å². The number of nitrogens with two attached hydrogens (primary N) is 1. The average Bonchev–Trinajstić information content (AvgIpc) is 2.21. The second-order valence-electron chi connectivity index (χ2n) is 3.53. The Kier molecular flexibility index (Phi) is 5.11. The SMILES string of the molecule is CCSc1ccc(C(NN)N(C)C)cc1. The molecule has 0 fully saturated rings. The van der Waals surface area contributed by atoms with Gasteiger partial charge in [0.2, 0.25) is 0 Å². The number of thioether (sulfide) groups is 1. The van der Waals surface area contributed by atoms with Crippen LogP contribution < -0.4 is 11.3 Å². The van der Waals surface area contributed by atoms with Gasteiger partial charge in [-0.05, 0) is 37.5 Å². The van der Waals surface area contributed by atoms with E-state index < -0.39 is 0 Å². The van der Waals surface area contributed by atoms with E-state index in [2.05, 4.69) is 36.6 Å². The van der Waals surface area contributed by atoms with Crippen LogP contribution in [0, 0.1) is 0 Å². The molecule has 0 aliphatic rings. The number of hydrogen-bond donors (Lipinski definition) is 2. The zero-order valence-electron chi connectivity index (χ0n) is 9.53. The molecule has 1 unspecified atom stereocenters. The standard InChI is InChI=1S/C11H19N3S/c1-4-15-10-7-5-9(6-8-10)11(13-12)14(2)3/h5-8,11,13H,4,12H2,1-3H3. The van der Waals surface area contributed by atoms with Gasteiger partial charge in [-0.1, -0.05) is 19.1 Å². The molecular formula is C11H19N3S. The van der Waals surface area contributed by atoms with Crippen LogP contribution in [0.5, 0.6) is 0 Å². The molecule has 4 heteroatoms. The molecule has 0 aliphatic heterocycles. The van der Waals surface area contributed by atoms with Crippen LogP contribution in [0.15, 0.2) is 29.2 Å². The number of nitrogens with zero attached hydrogens (tertiary/aromatic N) is 1. The summed E-state index contributed by atoms with van der Waals surface area (Å²) in [5, 5.41) is 0. The smallest absolute Gasteiger partial charge is 0.0980 e. The van der Waals surface area contributed by atoms with Crippen LogP contribution in [0.1, 0.15) is 18.7 Å². The molecule has 0 spiro atoms. The third-order valence-corrected chi connectivity index (χ3v) is 3.08. The van der Waals surface area contributed by atoms with E-state index in [1.807, 2.05) is 30.8 Å². The van der Waals surface area contributed by atoms with Crippen molar-refractivity contribution in [1.82, 2.24) is 10.3 Å². The van der Waals surface area contributed by atoms with Gasteiger partial charge >= 0.3 is 0 Å². The second kappa shape index (κ2) is 6.12. The third kappa shape index (κ3) is 3.50. The van der Waals surface area contributed by atoms with E-state index in [1.54, 1.807) is 0 Å². The molecule has 0 heterocycles. The number of hydrazine groups is 1. The Morgan fingerprint density at radius 1 is 1.33 bits per heavy atom. The lowest BCUT2D eigenvalue weighted by Crippen LogP contribution is -2.37. The van der Waals surface area contributed by atoms with Gasteiger partial charge in [0, 0.05) is 4.90 Å². The highest BCUT2D eigenvalue weighted by atomic mass is 32.2. The van der Waals surface area contributed by atoms with E-state index in [1.165, 1.54) is 10.5 Å². The Morgan fingerprint density at radius 2 is 1.93 bits per heavy atom. The minimum Gasteiger partial charge on any atom is -0.289 e. The Labute approximate surface area is 96.0 Å². The summed E-state index contributed by atoms with van der Waals surface area (Å²) in [6.07, 6.45) is 0.0747. The zero-order valence-corrected chi connectivity index (χ0v) is 10.3. The highest BCUT2D eigenvalue weighted by Crippen LogP contribution is 2.21. The molecule has 1 rings (SSSR count). The van der Waals surface area contributed by atoms with Crippen LogP contribution >= 0.6 is 11.8 Å². The Morgan fingerprint density at radius 3 is 2.33 bits per heavy atom. The predicted molar refractivity (Wildman–Crippen MR) is 66.6 cm³/mol. The molecular weight excluding hydrogens is 206 g/mol. The summed E-state index contributed by atoms with van der Waals surface area (Å²) >= 11 is 1.85. The van der Waals surface area contributed by atoms with Gasteiger partial charge in [0.05, 0.1) is 6.17 Å². The largest absolute Gasteiger partial charge is 0.289 e. The van der Waals surface area contributed by atoms with E-state index in [0.29, 0.717) is 0 Å². The summed E-state index contributed by atoms with van der Waals surface area (Å²) in [6.45, 7) is 2.16. The van der Waals surface area contributed by atoms with E-state index in [4.69, 9.17) is 5.84 Å². The van der Waals surface area contributed by atoms with Gasteiger partial charge in [-0.15, -0.1) is 11.8 Å². The molecule has 84 valence electrons. The molecule has 0 saturated carbocycles. The van der Waals surface area contributed by atoms with Crippen molar-refractivity contribution >= 4 is 11.8 Å². The maximum absolute atomic E-state index is 5.51. The fraction of sp³-hybridized carbons (Fsp3) is 0.455. The summed E-state index contributed by atoms with van der Waals surface area (Å²) < 4.78 is 0. The summed E-state index contributed by atoms with van der Waals surface area (Å²) in [5.41, 5.74) is 3.97. The van der Waals surface area contributed by atoms with Crippen molar-refractivity contribution in [2.75, 3.05) is 19.8 Å². The van der Waals surface area contributed by atoms with E-state index in [-0.39, 0.29) is 6.17 Å². The molecule has 0 saturated heterocycles. The Balaban J connectivity index is 2.77. The van der Waals surface area contributed by atoms with Gasteiger partial charge in [-0.25, -0.2) is 5.43 Å². The number of nitrogens with one attached hydrogen (secondary N) is 1. The van der Waals surface area contributed by atoms with Crippen molar-refractivity contribution in [2.45, 2.75) is 18.0 Å². The molecule has 15 heavy (non-hydrogen) atoms. The van der Waals surface area contributed by atoms with Crippen LogP contribution in [-0.2, 0) is 0 Å². The molecule has 0 aliphatic carbocycles. The van der Waals surface area contributed by atoms with Crippen molar-refractivity contribution < 1.29 is 0 Å². The Bertz CT molecular complexity index is 284. The van der Waals surface area contributed by atoms with Gasteiger partial charge in [0.15, 0.2) is 0 Å². The van der Waals surface area contributed by atoms with Crippen LogP contribution in [0.2, 0.25) is 0 Å². The fourth-order valence-electron chi connectivity index (χ4n) is 1.46. The number of hydrogen-bond acceptors (Lipinski definition) is 4. The molecule has 0 bridgehead atoms. The first-order chi connectivity index (χ1) is 7.19. The van der Waals surface area contributed by atoms with Crippen LogP contribution in [-0.4, -0.2) is 24.7 Å². The summed E-state index contributed by atoms with van der Waals surface area (Å²) in [4.78, 5) is 3.35. The summed E-state index contributed by atoms with van der Waals surface area (Å²) in [6, 6.07) is 8.50. The van der Waals surface area contributed by atoms with E-state index >= 15 is 0 Å². The van der Waals surface area contributed by atoms with Crippen molar-refractivity contribution in [3.05, 3.63) is 29.8 Å². The van der Waals surface area contributed by atoms with Gasteiger partial charge in [0.1, 0.15) is 0 Å². The first-order valence-electron chi connectivity index (χ1n) is 5.04. The summed E-state index contributed by atoms with van der Waals surface area (Å²) in [5.74, 6) is 6.61. The normalized spacial score (nSPS) is 13.1. The highest BCUT2D eigenvalue weighted by molar-refractivity contribution is 7.99. The maximum Gasteiger partial charge on any atom is 0.0980 e. The van der Waals surface area contributed by atoms with Gasteiger partial charge in [0.25, 0.3) is 0 Å². The summed E-state index contributed by atoms with van der Waals surface area (Å²) in [7, 11) is 4.00.